The Balaban J connectivity index is 1.93. The molecule has 2 aliphatic heterocycles. The molecule has 0 aromatic heterocycles. The van der Waals surface area contributed by atoms with Gasteiger partial charge in [0.2, 0.25) is 59.1 Å². The molecule has 11 atom stereocenters. The molecule has 3 rings (SSSR count). The summed E-state index contributed by atoms with van der Waals surface area (Å²) in [6.07, 6.45) is 5.25. The number of carboxylic acid groups (broad SMARTS) is 1. The minimum absolute atomic E-state index is 0.0000325. The van der Waals surface area contributed by atoms with Crippen molar-refractivity contribution in [2.75, 3.05) is 53.9 Å². The highest BCUT2D eigenvalue weighted by Crippen LogP contribution is 2.26. The number of likely N-dealkylation sites (tertiary alicyclic amines) is 2. The second-order valence-electron chi connectivity index (χ2n) is 25.7. The number of nitrogens with two attached hydrogens (primary N) is 3. The Morgan fingerprint density at radius 3 is 1.85 bits per heavy atom. The summed E-state index contributed by atoms with van der Waals surface area (Å²) in [6.45, 7) is 13.8. The van der Waals surface area contributed by atoms with Gasteiger partial charge in [-0.15, -0.1) is 0 Å². The van der Waals surface area contributed by atoms with E-state index in [4.69, 9.17) is 17.2 Å². The highest BCUT2D eigenvalue weighted by molar-refractivity contribution is 5.99. The van der Waals surface area contributed by atoms with Crippen molar-refractivity contribution in [2.24, 2.45) is 45.9 Å². The van der Waals surface area contributed by atoms with Crippen LogP contribution >= 0.6 is 0 Å². The van der Waals surface area contributed by atoms with Gasteiger partial charge in [0.1, 0.15) is 48.3 Å². The fourth-order valence-electron chi connectivity index (χ4n) is 11.4. The van der Waals surface area contributed by atoms with Crippen LogP contribution in [0, 0.1) is 23.7 Å². The fraction of sp³-hybridized carbons (Fsp3) is 0.719. The lowest BCUT2D eigenvalue weighted by molar-refractivity contribution is -0.149. The molecule has 27 heteroatoms. The van der Waals surface area contributed by atoms with Gasteiger partial charge in [-0.1, -0.05) is 111 Å². The molecule has 2 heterocycles. The largest absolute Gasteiger partial charge is 0.481 e. The van der Waals surface area contributed by atoms with Crippen molar-refractivity contribution in [1.29, 1.82) is 0 Å². The van der Waals surface area contributed by atoms with E-state index >= 15 is 0 Å². The number of unbranched alkanes of at least 4 members (excludes halogenated alkanes) is 4. The predicted molar refractivity (Wildman–Crippen MR) is 345 cm³/mol. The van der Waals surface area contributed by atoms with Crippen molar-refractivity contribution >= 4 is 71.0 Å². The van der Waals surface area contributed by atoms with E-state index in [9.17, 15) is 63.0 Å². The SMILES string of the molecule is CCCCCCCC(=O)N1CCC[C@H](C(=O)N[C@@H](Cc2ccccc2)C(=O)N[C@H](CCCN(C)C)C(=O)N[C@@H](CC(C)C)C(=O)N2C[C@H](O)C[C@H]2C(=O)N(C)[C@@H](CC(C)C)C(=O)N[C@@H](CC(=O)O)C(=O)N[C@@H](CCCN=C(N)N)C(=O)N[C@H](C(N)=O)[C@@H](C)CC)C1. The first kappa shape index (κ1) is 77.8. The second kappa shape index (κ2) is 39.8. The number of aliphatic hydroxyl groups is 1. The van der Waals surface area contributed by atoms with E-state index in [0.717, 1.165) is 47.5 Å². The zero-order valence-electron chi connectivity index (χ0n) is 55.5. The molecule has 91 heavy (non-hydrogen) atoms. The van der Waals surface area contributed by atoms with Crippen LogP contribution in [0.5, 0.6) is 0 Å². The summed E-state index contributed by atoms with van der Waals surface area (Å²) in [4.78, 5) is 163. The van der Waals surface area contributed by atoms with Crippen LogP contribution in [0.25, 0.3) is 0 Å². The minimum atomic E-state index is -1.81. The first-order valence-electron chi connectivity index (χ1n) is 32.6. The number of nitrogens with zero attached hydrogens (tertiary/aromatic N) is 5. The van der Waals surface area contributed by atoms with E-state index in [1.165, 1.54) is 7.05 Å². The number of amides is 10. The van der Waals surface area contributed by atoms with E-state index in [1.54, 1.807) is 32.6 Å². The lowest BCUT2D eigenvalue weighted by atomic mass is 9.95. The van der Waals surface area contributed by atoms with E-state index < -0.39 is 132 Å². The zero-order valence-corrected chi connectivity index (χ0v) is 55.5. The van der Waals surface area contributed by atoms with Gasteiger partial charge in [-0.3, -0.25) is 57.7 Å². The molecule has 0 saturated carbocycles. The fourth-order valence-corrected chi connectivity index (χ4v) is 11.4. The van der Waals surface area contributed by atoms with Gasteiger partial charge in [-0.25, -0.2) is 0 Å². The van der Waals surface area contributed by atoms with Gasteiger partial charge in [0.15, 0.2) is 5.96 Å². The summed E-state index contributed by atoms with van der Waals surface area (Å²) in [6, 6.07) is -1.65. The average Bonchev–Trinajstić information content (AvgIpc) is 1.75. The number of benzene rings is 1. The van der Waals surface area contributed by atoms with E-state index in [1.807, 2.05) is 63.2 Å². The molecule has 2 fully saturated rings. The van der Waals surface area contributed by atoms with Crippen molar-refractivity contribution in [3.63, 3.8) is 0 Å². The molecule has 1 aromatic rings. The highest BCUT2D eigenvalue weighted by atomic mass is 16.4. The minimum Gasteiger partial charge on any atom is -0.481 e. The number of primary amides is 1. The Hall–Kier alpha value is -7.42. The third-order valence-corrected chi connectivity index (χ3v) is 16.7. The number of nitrogens with one attached hydrogen (secondary N) is 6. The van der Waals surface area contributed by atoms with Crippen LogP contribution in [0.3, 0.4) is 0 Å². The van der Waals surface area contributed by atoms with Gasteiger partial charge in [-0.05, 0) is 102 Å². The van der Waals surface area contributed by atoms with Crippen molar-refractivity contribution in [1.82, 2.24) is 51.5 Å². The van der Waals surface area contributed by atoms with Gasteiger partial charge in [0.25, 0.3) is 0 Å². The van der Waals surface area contributed by atoms with Gasteiger partial charge in [0.05, 0.1) is 18.4 Å². The molecule has 0 bridgehead atoms. The number of hydrogen-bond donors (Lipinski definition) is 11. The molecule has 27 nitrogen and oxygen atoms in total. The monoisotopic (exact) mass is 1280 g/mol. The summed E-state index contributed by atoms with van der Waals surface area (Å²) >= 11 is 0. The number of hydrogen-bond acceptors (Lipinski definition) is 14. The maximum absolute atomic E-state index is 15.0. The van der Waals surface area contributed by atoms with Crippen LogP contribution < -0.4 is 49.1 Å². The van der Waals surface area contributed by atoms with Crippen LogP contribution in [0.2, 0.25) is 0 Å². The lowest BCUT2D eigenvalue weighted by Gasteiger charge is -2.35. The maximum Gasteiger partial charge on any atom is 0.305 e. The number of rotatable bonds is 40. The van der Waals surface area contributed by atoms with Crippen LogP contribution in [0.1, 0.15) is 163 Å². The molecular formula is C64H108N14O13. The van der Waals surface area contributed by atoms with Gasteiger partial charge in [0, 0.05) is 52.5 Å². The van der Waals surface area contributed by atoms with Crippen molar-refractivity contribution in [3.8, 4) is 0 Å². The number of carbonyl (C=O) groups excluding carboxylic acids is 10. The molecule has 0 aliphatic carbocycles. The molecule has 2 aliphatic rings. The Morgan fingerprint density at radius 2 is 1.26 bits per heavy atom. The second-order valence-corrected chi connectivity index (χ2v) is 25.7. The molecule has 1 aromatic carbocycles. The average molecular weight is 1280 g/mol. The first-order chi connectivity index (χ1) is 43.0. The summed E-state index contributed by atoms with van der Waals surface area (Å²) in [5.74, 6) is -10.1. The Labute approximate surface area is 537 Å². The summed E-state index contributed by atoms with van der Waals surface area (Å²) in [5.41, 5.74) is 17.3. The topological polar surface area (TPSA) is 404 Å². The molecule has 2 saturated heterocycles. The summed E-state index contributed by atoms with van der Waals surface area (Å²) in [5, 5.41) is 37.5. The number of aliphatic hydroxyl groups excluding tert-OH is 1. The predicted octanol–water partition coefficient (Wildman–Crippen LogP) is 1.02. The molecule has 512 valence electrons. The van der Waals surface area contributed by atoms with Gasteiger partial charge in [-0.2, -0.15) is 0 Å². The van der Waals surface area contributed by atoms with Gasteiger partial charge < -0.3 is 78.9 Å². The standard InChI is InChI=1S/C64H108N14O13/c1-11-13-14-15-19-28-52(80)77-31-21-25-43(37-77)56(84)71-47(34-42-23-17-16-18-24-42)59(87)70-46(27-22-30-75(8)9)57(85)73-49(32-39(3)4)62(90)78-38-44(79)35-51(78)63(91)76(10)50(33-40(5)6)61(89)72-48(36-53(81)82)60(88)69-45(26-20-29-68-64(66)67)58(86)74-54(55(65)83)41(7)12-2/h16-18,23-24,39-41,43-51,54,79H,11-15,19-22,25-38H2,1-10H3,(H2,65,83)(H,69,88)(H,70,87)(H,71,84)(H,72,89)(H,73,85)(H,74,86)(H,81,82)(H4,66,67,68)/t41-,43-,44+,45-,46+,47-,48-,49-,50-,51-,54-/m0/s1. The lowest BCUT2D eigenvalue weighted by Crippen LogP contribution is -2.61. The van der Waals surface area contributed by atoms with E-state index in [2.05, 4.69) is 43.8 Å². The number of aliphatic imine (C=N–C) groups is 1. The van der Waals surface area contributed by atoms with E-state index in [0.29, 0.717) is 45.2 Å². The highest BCUT2D eigenvalue weighted by Gasteiger charge is 2.45. The van der Waals surface area contributed by atoms with Crippen molar-refractivity contribution < 1.29 is 63.0 Å². The number of guanidine groups is 1. The van der Waals surface area contributed by atoms with E-state index in [-0.39, 0.29) is 88.3 Å². The number of carboxylic acids is 1. The van der Waals surface area contributed by atoms with Crippen LogP contribution in [0.4, 0.5) is 0 Å². The van der Waals surface area contributed by atoms with Crippen LogP contribution in [-0.4, -0.2) is 209 Å². The summed E-state index contributed by atoms with van der Waals surface area (Å²) < 4.78 is 0. The van der Waals surface area contributed by atoms with Crippen molar-refractivity contribution in [3.05, 3.63) is 35.9 Å². The Morgan fingerprint density at radius 1 is 0.681 bits per heavy atom. The third-order valence-electron chi connectivity index (χ3n) is 16.7. The molecule has 14 N–H and O–H groups in total. The smallest absolute Gasteiger partial charge is 0.305 e. The number of carbonyl (C=O) groups is 11. The first-order valence-corrected chi connectivity index (χ1v) is 32.6. The Bertz CT molecular complexity index is 2590. The maximum atomic E-state index is 15.0. The van der Waals surface area contributed by atoms with Crippen LogP contribution in [-0.2, 0) is 59.2 Å². The molecule has 10 amide bonds. The zero-order chi connectivity index (χ0) is 68.1. The molecule has 0 spiro atoms. The number of β-amino-alcohol motifs (C(OH)–C–C–N with tert-alkyl or cyclic N) is 1. The summed E-state index contributed by atoms with van der Waals surface area (Å²) in [7, 11) is 5.02. The quantitative estimate of drug-likeness (QED) is 0.0248. The number of likely N-dealkylation sites (N-methyl/N-ethyl adjacent to an activating group) is 1. The molecular weight excluding hydrogens is 1170 g/mol. The molecule has 0 unspecified atom stereocenters. The Kier molecular flexibility index (Phi) is 34.0. The normalized spacial score (nSPS) is 18.3. The number of aliphatic carboxylic acids is 1. The molecule has 0 radical (unpaired) electrons. The van der Waals surface area contributed by atoms with Crippen molar-refractivity contribution in [2.45, 2.75) is 218 Å². The van der Waals surface area contributed by atoms with Gasteiger partial charge >= 0.3 is 5.97 Å². The third kappa shape index (κ3) is 27.1. The van der Waals surface area contributed by atoms with Crippen LogP contribution in [0.15, 0.2) is 35.3 Å². The number of piperidine rings is 1.